The molecule has 0 atom stereocenters. The van der Waals surface area contributed by atoms with Crippen LogP contribution in [0.3, 0.4) is 0 Å². The highest BCUT2D eigenvalue weighted by atomic mass is 15.2. The van der Waals surface area contributed by atoms with Gasteiger partial charge in [0.25, 0.3) is 5.65 Å². The third kappa shape index (κ3) is 0.973. The Labute approximate surface area is 122 Å². The number of fused-ring (bicyclic) bond motifs is 1. The van der Waals surface area contributed by atoms with Gasteiger partial charge in [-0.15, -0.1) is 0 Å². The molecule has 2 aromatic carbocycles. The molecule has 21 heavy (non-hydrogen) atoms. The van der Waals surface area contributed by atoms with E-state index in [1.165, 1.54) is 62.7 Å². The van der Waals surface area contributed by atoms with E-state index in [4.69, 9.17) is 0 Å². The van der Waals surface area contributed by atoms with Gasteiger partial charge in [0.2, 0.25) is 0 Å². The average Bonchev–Trinajstić information content (AvgIpc) is 3.03. The van der Waals surface area contributed by atoms with Gasteiger partial charge in [-0.2, -0.15) is 4.40 Å². The Balaban J connectivity index is 2.13. The molecule has 0 aliphatic carbocycles. The lowest BCUT2D eigenvalue weighted by Gasteiger charge is -2.13. The topological polar surface area (TPSA) is 9.03 Å². The Kier molecular flexibility index (Phi) is 1.54. The number of nitrogens with zero attached hydrogens (tertiary/aromatic N) is 2. The number of para-hydroxylation sites is 1. The smallest absolute Gasteiger partial charge is 0.222 e. The fourth-order valence-corrected chi connectivity index (χ4v) is 4.62. The standard InChI is InChI=1S/C19H15N2/c1-11-16-9-8-12-4-2-7-15-14-6-3-5-13-10-20(11)19(17(13)14)21(16)18(12)15/h2-7H,8-10H2,1H3/q+1. The molecule has 0 radical (unpaired) electrons. The Bertz CT molecular complexity index is 1120. The predicted octanol–water partition coefficient (Wildman–Crippen LogP) is 3.30. The van der Waals surface area contributed by atoms with Gasteiger partial charge in [-0.05, 0) is 6.42 Å². The van der Waals surface area contributed by atoms with Gasteiger partial charge in [-0.3, -0.25) is 0 Å². The van der Waals surface area contributed by atoms with E-state index in [-0.39, 0.29) is 0 Å². The molecule has 0 saturated heterocycles. The molecule has 100 valence electrons. The van der Waals surface area contributed by atoms with Crippen molar-refractivity contribution >= 4 is 27.3 Å². The van der Waals surface area contributed by atoms with Gasteiger partial charge in [0, 0.05) is 35.2 Å². The van der Waals surface area contributed by atoms with Crippen LogP contribution < -0.4 is 4.40 Å². The van der Waals surface area contributed by atoms with Crippen LogP contribution in [0.15, 0.2) is 36.4 Å². The van der Waals surface area contributed by atoms with E-state index in [2.05, 4.69) is 52.3 Å². The lowest BCUT2D eigenvalue weighted by atomic mass is 9.95. The fraction of sp³-hybridized carbons (Fsp3) is 0.211. The van der Waals surface area contributed by atoms with Crippen LogP contribution in [0.1, 0.15) is 22.5 Å². The minimum absolute atomic E-state index is 1.04. The van der Waals surface area contributed by atoms with Crippen molar-refractivity contribution in [3.8, 4) is 0 Å². The van der Waals surface area contributed by atoms with Crippen LogP contribution in [-0.2, 0) is 19.4 Å². The lowest BCUT2D eigenvalue weighted by Crippen LogP contribution is -2.31. The van der Waals surface area contributed by atoms with Crippen molar-refractivity contribution in [1.82, 2.24) is 4.57 Å². The lowest BCUT2D eigenvalue weighted by molar-refractivity contribution is -0.492. The largest absolute Gasteiger partial charge is 0.295 e. The minimum Gasteiger partial charge on any atom is -0.222 e. The molecule has 0 N–H and O–H groups in total. The summed E-state index contributed by atoms with van der Waals surface area (Å²) in [5.41, 5.74) is 8.82. The van der Waals surface area contributed by atoms with Gasteiger partial charge in [0.1, 0.15) is 17.8 Å². The van der Waals surface area contributed by atoms with E-state index in [1.54, 1.807) is 0 Å². The molecule has 4 heterocycles. The number of pyridine rings is 1. The van der Waals surface area contributed by atoms with E-state index in [0.717, 1.165) is 6.54 Å². The molecule has 0 unspecified atom stereocenters. The van der Waals surface area contributed by atoms with Crippen molar-refractivity contribution in [1.29, 1.82) is 0 Å². The van der Waals surface area contributed by atoms with Crippen molar-refractivity contribution in [2.45, 2.75) is 26.3 Å². The van der Waals surface area contributed by atoms with Crippen LogP contribution in [0.2, 0.25) is 0 Å². The van der Waals surface area contributed by atoms with Gasteiger partial charge in [-0.1, -0.05) is 36.4 Å². The molecule has 0 spiro atoms. The van der Waals surface area contributed by atoms with E-state index in [1.807, 2.05) is 0 Å². The zero-order valence-electron chi connectivity index (χ0n) is 12.0. The molecular formula is C19H15N2+. The number of rotatable bonds is 0. The molecule has 2 aromatic heterocycles. The average molecular weight is 271 g/mol. The summed E-state index contributed by atoms with van der Waals surface area (Å²) in [6, 6.07) is 13.6. The SMILES string of the molecule is Cc1c2[n+]3c4c(cccc4c4cccc5c4c3n1C5)CC2. The molecule has 2 aliphatic heterocycles. The van der Waals surface area contributed by atoms with E-state index in [9.17, 15) is 0 Å². The summed E-state index contributed by atoms with van der Waals surface area (Å²) in [7, 11) is 0. The molecule has 0 amide bonds. The highest BCUT2D eigenvalue weighted by Gasteiger charge is 2.35. The third-order valence-corrected chi connectivity index (χ3v) is 5.53. The summed E-state index contributed by atoms with van der Waals surface area (Å²) in [6.07, 6.45) is 2.34. The number of hydrogen-bond acceptors (Lipinski definition) is 0. The first kappa shape index (κ1) is 10.4. The van der Waals surface area contributed by atoms with Crippen molar-refractivity contribution in [2.75, 3.05) is 0 Å². The normalized spacial score (nSPS) is 15.3. The summed E-state index contributed by atoms with van der Waals surface area (Å²) in [4.78, 5) is 0. The van der Waals surface area contributed by atoms with Gasteiger partial charge in [0.15, 0.2) is 5.69 Å². The molecule has 0 fully saturated rings. The number of imidazole rings is 1. The summed E-state index contributed by atoms with van der Waals surface area (Å²) >= 11 is 0. The van der Waals surface area contributed by atoms with Crippen LogP contribution in [0.4, 0.5) is 0 Å². The molecule has 2 aliphatic rings. The predicted molar refractivity (Wildman–Crippen MR) is 83.9 cm³/mol. The summed E-state index contributed by atoms with van der Waals surface area (Å²) in [5.74, 6) is 0. The maximum atomic E-state index is 2.56. The van der Waals surface area contributed by atoms with Crippen molar-refractivity contribution < 1.29 is 4.40 Å². The van der Waals surface area contributed by atoms with Crippen molar-refractivity contribution in [3.63, 3.8) is 0 Å². The first-order valence-corrected chi connectivity index (χ1v) is 7.73. The van der Waals surface area contributed by atoms with Crippen LogP contribution in [0.25, 0.3) is 27.3 Å². The molecule has 0 saturated carbocycles. The van der Waals surface area contributed by atoms with Crippen molar-refractivity contribution in [2.24, 2.45) is 0 Å². The Morgan fingerprint density at radius 1 is 0.952 bits per heavy atom. The van der Waals surface area contributed by atoms with Crippen LogP contribution in [0, 0.1) is 6.92 Å². The quantitative estimate of drug-likeness (QED) is 0.302. The molecule has 2 heteroatoms. The second-order valence-electron chi connectivity index (χ2n) is 6.43. The molecule has 2 nitrogen and oxygen atoms in total. The van der Waals surface area contributed by atoms with Gasteiger partial charge in [0.05, 0.1) is 5.39 Å². The van der Waals surface area contributed by atoms with Crippen LogP contribution in [-0.4, -0.2) is 4.57 Å². The zero-order valence-corrected chi connectivity index (χ0v) is 12.0. The molecule has 6 rings (SSSR count). The number of aromatic nitrogens is 2. The summed E-state index contributed by atoms with van der Waals surface area (Å²) in [6.45, 7) is 3.33. The maximum Gasteiger partial charge on any atom is 0.295 e. The third-order valence-electron chi connectivity index (χ3n) is 5.53. The molecule has 0 bridgehead atoms. The Morgan fingerprint density at radius 3 is 2.67 bits per heavy atom. The maximum absolute atomic E-state index is 2.56. The molecule has 4 aromatic rings. The van der Waals surface area contributed by atoms with Gasteiger partial charge in [-0.25, -0.2) is 4.57 Å². The van der Waals surface area contributed by atoms with Gasteiger partial charge >= 0.3 is 0 Å². The summed E-state index contributed by atoms with van der Waals surface area (Å²) < 4.78 is 5.08. The van der Waals surface area contributed by atoms with Crippen molar-refractivity contribution in [3.05, 3.63) is 58.9 Å². The fourth-order valence-electron chi connectivity index (χ4n) is 4.62. The van der Waals surface area contributed by atoms with Gasteiger partial charge < -0.3 is 0 Å². The minimum atomic E-state index is 1.04. The Morgan fingerprint density at radius 2 is 1.76 bits per heavy atom. The van der Waals surface area contributed by atoms with E-state index < -0.39 is 0 Å². The highest BCUT2D eigenvalue weighted by molar-refractivity contribution is 6.12. The summed E-state index contributed by atoms with van der Waals surface area (Å²) in [5, 5.41) is 4.31. The second kappa shape index (κ2) is 3.11. The molecular weight excluding hydrogens is 256 g/mol. The van der Waals surface area contributed by atoms with Crippen LogP contribution in [0.5, 0.6) is 0 Å². The number of hydrogen-bond donors (Lipinski definition) is 0. The first-order chi connectivity index (χ1) is 10.3. The van der Waals surface area contributed by atoms with E-state index in [0.29, 0.717) is 0 Å². The monoisotopic (exact) mass is 271 g/mol. The van der Waals surface area contributed by atoms with E-state index >= 15 is 0 Å². The second-order valence-corrected chi connectivity index (χ2v) is 6.43. The number of benzene rings is 2. The first-order valence-electron chi connectivity index (χ1n) is 7.73. The zero-order chi connectivity index (χ0) is 13.7. The number of aryl methyl sites for hydroxylation is 2. The Hall–Kier alpha value is -2.35. The van der Waals surface area contributed by atoms with Crippen LogP contribution >= 0.6 is 0 Å². The highest BCUT2D eigenvalue weighted by Crippen LogP contribution is 2.38.